The maximum absolute atomic E-state index is 6.04. The first kappa shape index (κ1) is 14.0. The summed E-state index contributed by atoms with van der Waals surface area (Å²) in [5, 5.41) is 0. The van der Waals surface area contributed by atoms with Crippen molar-refractivity contribution in [3.8, 4) is 5.75 Å². The summed E-state index contributed by atoms with van der Waals surface area (Å²) in [7, 11) is 0. The standard InChI is InChI=1S/C15H17BrN2O/c1-10-5-6-14(13(16)8-10)19-15(11(2)17)12-4-3-7-18-9-12/h3-9,11,15H,17H2,1-2H3. The van der Waals surface area contributed by atoms with Crippen LogP contribution in [0.25, 0.3) is 0 Å². The number of benzene rings is 1. The maximum Gasteiger partial charge on any atom is 0.140 e. The van der Waals surface area contributed by atoms with E-state index in [1.54, 1.807) is 12.4 Å². The van der Waals surface area contributed by atoms with Crippen molar-refractivity contribution in [1.29, 1.82) is 0 Å². The monoisotopic (exact) mass is 320 g/mol. The van der Waals surface area contributed by atoms with Gasteiger partial charge in [0.2, 0.25) is 0 Å². The van der Waals surface area contributed by atoms with Gasteiger partial charge in [0.05, 0.1) is 4.47 Å². The molecule has 3 nitrogen and oxygen atoms in total. The van der Waals surface area contributed by atoms with Crippen LogP contribution in [0.2, 0.25) is 0 Å². The topological polar surface area (TPSA) is 48.1 Å². The fraction of sp³-hybridized carbons (Fsp3) is 0.267. The second-order valence-corrected chi connectivity index (χ2v) is 5.47. The smallest absolute Gasteiger partial charge is 0.140 e. The van der Waals surface area contributed by atoms with Gasteiger partial charge in [-0.15, -0.1) is 0 Å². The summed E-state index contributed by atoms with van der Waals surface area (Å²) in [5.74, 6) is 0.789. The molecule has 0 aliphatic heterocycles. The zero-order valence-electron chi connectivity index (χ0n) is 11.0. The average molecular weight is 321 g/mol. The summed E-state index contributed by atoms with van der Waals surface area (Å²) in [6.07, 6.45) is 3.31. The first-order chi connectivity index (χ1) is 9.08. The number of ether oxygens (including phenoxy) is 1. The third-order valence-corrected chi connectivity index (χ3v) is 3.45. The van der Waals surface area contributed by atoms with Gasteiger partial charge in [0.1, 0.15) is 11.9 Å². The Morgan fingerprint density at radius 1 is 1.32 bits per heavy atom. The predicted octanol–water partition coefficient (Wildman–Crippen LogP) is 3.62. The van der Waals surface area contributed by atoms with Crippen LogP contribution in [0.3, 0.4) is 0 Å². The van der Waals surface area contributed by atoms with Gasteiger partial charge in [-0.3, -0.25) is 4.98 Å². The number of hydrogen-bond donors (Lipinski definition) is 1. The Balaban J connectivity index is 2.27. The van der Waals surface area contributed by atoms with Crippen molar-refractivity contribution in [2.75, 3.05) is 0 Å². The molecular weight excluding hydrogens is 304 g/mol. The van der Waals surface area contributed by atoms with Crippen LogP contribution in [-0.4, -0.2) is 11.0 Å². The molecule has 0 saturated heterocycles. The van der Waals surface area contributed by atoms with E-state index in [2.05, 4.69) is 20.9 Å². The Bertz CT molecular complexity index is 543. The molecule has 1 aromatic carbocycles. The van der Waals surface area contributed by atoms with E-state index in [0.29, 0.717) is 0 Å². The van der Waals surface area contributed by atoms with Crippen LogP contribution in [0.1, 0.15) is 24.2 Å². The Morgan fingerprint density at radius 2 is 2.11 bits per heavy atom. The van der Waals surface area contributed by atoms with Crippen LogP contribution < -0.4 is 10.5 Å². The lowest BCUT2D eigenvalue weighted by Gasteiger charge is -2.23. The van der Waals surface area contributed by atoms with Crippen molar-refractivity contribution in [1.82, 2.24) is 4.98 Å². The van der Waals surface area contributed by atoms with E-state index in [1.165, 1.54) is 5.56 Å². The molecular formula is C15H17BrN2O. The van der Waals surface area contributed by atoms with Gasteiger partial charge in [-0.2, -0.15) is 0 Å². The Labute approximate surface area is 121 Å². The molecule has 2 atom stereocenters. The van der Waals surface area contributed by atoms with Gasteiger partial charge in [0.15, 0.2) is 0 Å². The Kier molecular flexibility index (Phi) is 4.56. The van der Waals surface area contributed by atoms with E-state index in [4.69, 9.17) is 10.5 Å². The summed E-state index contributed by atoms with van der Waals surface area (Å²) in [6.45, 7) is 3.97. The van der Waals surface area contributed by atoms with Crippen molar-refractivity contribution in [3.05, 3.63) is 58.3 Å². The molecule has 0 amide bonds. The fourth-order valence-electron chi connectivity index (χ4n) is 1.86. The van der Waals surface area contributed by atoms with E-state index in [-0.39, 0.29) is 12.1 Å². The summed E-state index contributed by atoms with van der Waals surface area (Å²) in [6, 6.07) is 9.72. The molecule has 1 heterocycles. The summed E-state index contributed by atoms with van der Waals surface area (Å²) >= 11 is 3.52. The average Bonchev–Trinajstić information content (AvgIpc) is 2.38. The molecule has 0 fully saturated rings. The summed E-state index contributed by atoms with van der Waals surface area (Å²) in [4.78, 5) is 4.12. The quantitative estimate of drug-likeness (QED) is 0.936. The number of rotatable bonds is 4. The van der Waals surface area contributed by atoms with Gasteiger partial charge in [-0.25, -0.2) is 0 Å². The molecule has 0 saturated carbocycles. The largest absolute Gasteiger partial charge is 0.483 e. The number of pyridine rings is 1. The minimum absolute atomic E-state index is 0.127. The van der Waals surface area contributed by atoms with E-state index in [0.717, 1.165) is 15.8 Å². The minimum Gasteiger partial charge on any atom is -0.483 e. The molecule has 2 rings (SSSR count). The highest BCUT2D eigenvalue weighted by Gasteiger charge is 2.19. The van der Waals surface area contributed by atoms with Crippen molar-refractivity contribution in [2.24, 2.45) is 5.73 Å². The maximum atomic E-state index is 6.04. The summed E-state index contributed by atoms with van der Waals surface area (Å²) < 4.78 is 6.97. The van der Waals surface area contributed by atoms with E-state index >= 15 is 0 Å². The molecule has 100 valence electrons. The summed E-state index contributed by atoms with van der Waals surface area (Å²) in [5.41, 5.74) is 8.18. The third-order valence-electron chi connectivity index (χ3n) is 2.83. The molecule has 0 aliphatic carbocycles. The molecule has 4 heteroatoms. The highest BCUT2D eigenvalue weighted by Crippen LogP contribution is 2.31. The van der Waals surface area contributed by atoms with Gasteiger partial charge in [-0.05, 0) is 53.5 Å². The van der Waals surface area contributed by atoms with E-state index in [1.807, 2.05) is 44.2 Å². The number of aryl methyl sites for hydroxylation is 1. The zero-order chi connectivity index (χ0) is 13.8. The molecule has 0 bridgehead atoms. The molecule has 2 aromatic rings. The number of nitrogens with zero attached hydrogens (tertiary/aromatic N) is 1. The van der Waals surface area contributed by atoms with Crippen molar-refractivity contribution >= 4 is 15.9 Å². The van der Waals surface area contributed by atoms with Gasteiger partial charge in [0.25, 0.3) is 0 Å². The van der Waals surface area contributed by atoms with Crippen LogP contribution in [-0.2, 0) is 0 Å². The van der Waals surface area contributed by atoms with Crippen LogP contribution in [0.5, 0.6) is 5.75 Å². The Hall–Kier alpha value is -1.39. The van der Waals surface area contributed by atoms with E-state index < -0.39 is 0 Å². The zero-order valence-corrected chi connectivity index (χ0v) is 12.6. The van der Waals surface area contributed by atoms with Gasteiger partial charge in [0, 0.05) is 24.0 Å². The molecule has 19 heavy (non-hydrogen) atoms. The highest BCUT2D eigenvalue weighted by molar-refractivity contribution is 9.10. The van der Waals surface area contributed by atoms with Crippen molar-refractivity contribution < 1.29 is 4.74 Å². The highest BCUT2D eigenvalue weighted by atomic mass is 79.9. The van der Waals surface area contributed by atoms with Crippen LogP contribution in [0.15, 0.2) is 47.2 Å². The lowest BCUT2D eigenvalue weighted by Crippen LogP contribution is -2.29. The molecule has 1 aromatic heterocycles. The first-order valence-corrected chi connectivity index (χ1v) is 6.95. The minimum atomic E-state index is -0.215. The molecule has 2 N–H and O–H groups in total. The normalized spacial score (nSPS) is 13.9. The number of halogens is 1. The van der Waals surface area contributed by atoms with Crippen molar-refractivity contribution in [3.63, 3.8) is 0 Å². The first-order valence-electron chi connectivity index (χ1n) is 6.16. The fourth-order valence-corrected chi connectivity index (χ4v) is 2.45. The lowest BCUT2D eigenvalue weighted by molar-refractivity contribution is 0.179. The van der Waals surface area contributed by atoms with E-state index in [9.17, 15) is 0 Å². The Morgan fingerprint density at radius 3 is 2.68 bits per heavy atom. The van der Waals surface area contributed by atoms with Gasteiger partial charge >= 0.3 is 0 Å². The second-order valence-electron chi connectivity index (χ2n) is 4.62. The second kappa shape index (κ2) is 6.17. The number of hydrogen-bond acceptors (Lipinski definition) is 3. The SMILES string of the molecule is Cc1ccc(OC(c2cccnc2)C(C)N)c(Br)c1. The molecule has 0 aliphatic rings. The molecule has 0 radical (unpaired) electrons. The number of nitrogens with two attached hydrogens (primary N) is 1. The van der Waals surface area contributed by atoms with Crippen LogP contribution in [0.4, 0.5) is 0 Å². The lowest BCUT2D eigenvalue weighted by atomic mass is 10.1. The third kappa shape index (κ3) is 3.55. The van der Waals surface area contributed by atoms with Crippen LogP contribution >= 0.6 is 15.9 Å². The van der Waals surface area contributed by atoms with Gasteiger partial charge in [-0.1, -0.05) is 12.1 Å². The molecule has 0 spiro atoms. The van der Waals surface area contributed by atoms with Crippen molar-refractivity contribution in [2.45, 2.75) is 26.0 Å². The predicted molar refractivity (Wildman–Crippen MR) is 80.1 cm³/mol. The van der Waals surface area contributed by atoms with Gasteiger partial charge < -0.3 is 10.5 Å². The van der Waals surface area contributed by atoms with Crippen LogP contribution in [0, 0.1) is 6.92 Å². The number of aromatic nitrogens is 1. The molecule has 2 unspecified atom stereocenters.